The molecule has 0 bridgehead atoms. The number of hydrogen-bond donors (Lipinski definition) is 4. The van der Waals surface area contributed by atoms with Gasteiger partial charge in [0, 0.05) is 17.2 Å². The first-order valence-corrected chi connectivity index (χ1v) is 10.5. The zero-order valence-corrected chi connectivity index (χ0v) is 17.1. The van der Waals surface area contributed by atoms with E-state index < -0.39 is 27.5 Å². The van der Waals surface area contributed by atoms with E-state index >= 15 is 0 Å². The number of ether oxygens (including phenoxy) is 1. The summed E-state index contributed by atoms with van der Waals surface area (Å²) < 4.78 is 46.9. The lowest BCUT2D eigenvalue weighted by molar-refractivity contribution is -0.264. The van der Waals surface area contributed by atoms with Gasteiger partial charge in [0.2, 0.25) is 5.71 Å². The van der Waals surface area contributed by atoms with Crippen LogP contribution in [0.25, 0.3) is 11.1 Å². The molecule has 2 aromatic rings. The molecular formula is C18H14ClFNO6S2+. The van der Waals surface area contributed by atoms with Crippen molar-refractivity contribution < 1.29 is 37.3 Å². The van der Waals surface area contributed by atoms with Crippen molar-refractivity contribution in [3.8, 4) is 16.9 Å². The molecule has 7 nitrogen and oxygen atoms in total. The summed E-state index contributed by atoms with van der Waals surface area (Å²) in [6.45, 7) is 0. The van der Waals surface area contributed by atoms with Gasteiger partial charge in [0.25, 0.3) is 5.95 Å². The van der Waals surface area contributed by atoms with E-state index in [1.54, 1.807) is 6.07 Å². The van der Waals surface area contributed by atoms with Crippen LogP contribution in [0, 0.1) is 5.82 Å². The van der Waals surface area contributed by atoms with Crippen LogP contribution in [0.15, 0.2) is 64.0 Å². The molecule has 0 aliphatic heterocycles. The van der Waals surface area contributed by atoms with Crippen LogP contribution in [-0.2, 0) is 10.0 Å². The van der Waals surface area contributed by atoms with Crippen molar-refractivity contribution in [2.45, 2.75) is 4.21 Å². The van der Waals surface area contributed by atoms with Crippen LogP contribution < -0.4 is 9.13 Å². The zero-order valence-electron chi connectivity index (χ0n) is 14.7. The Morgan fingerprint density at radius 2 is 1.97 bits per heavy atom. The molecule has 0 saturated heterocycles. The van der Waals surface area contributed by atoms with Crippen LogP contribution >= 0.6 is 22.9 Å². The summed E-state index contributed by atoms with van der Waals surface area (Å²) in [4.78, 5) is 0. The maximum absolute atomic E-state index is 14.5. The average Bonchev–Trinajstić information content (AvgIpc) is 3.04. The summed E-state index contributed by atoms with van der Waals surface area (Å²) in [5.41, 5.74) is -0.0107. The monoisotopic (exact) mass is 458 g/mol. The Bertz CT molecular complexity index is 1210. The number of aliphatic hydroxyl groups is 3. The molecular weight excluding hydrogens is 445 g/mol. The summed E-state index contributed by atoms with van der Waals surface area (Å²) in [5, 5.41) is 27.8. The molecule has 0 spiro atoms. The molecule has 4 N–H and O–H groups in total. The fourth-order valence-corrected chi connectivity index (χ4v) is 5.33. The number of halogens is 2. The van der Waals surface area contributed by atoms with Gasteiger partial charge in [-0.25, -0.2) is 4.39 Å². The molecule has 29 heavy (non-hydrogen) atoms. The van der Waals surface area contributed by atoms with Crippen LogP contribution in [0.3, 0.4) is 0 Å². The fourth-order valence-electron chi connectivity index (χ4n) is 2.53. The Morgan fingerprint density at radius 1 is 1.24 bits per heavy atom. The molecule has 0 unspecified atom stereocenters. The molecule has 1 aromatic carbocycles. The van der Waals surface area contributed by atoms with E-state index in [1.165, 1.54) is 31.4 Å². The molecule has 1 aliphatic rings. The molecule has 11 heteroatoms. The predicted molar refractivity (Wildman–Crippen MR) is 107 cm³/mol. The zero-order chi connectivity index (χ0) is 21.3. The predicted octanol–water partition coefficient (Wildman–Crippen LogP) is 2.77. The number of sulfonamides is 1. The largest absolute Gasteiger partial charge is 0.507 e. The second kappa shape index (κ2) is 7.90. The highest BCUT2D eigenvalue weighted by Gasteiger charge is 2.27. The molecule has 0 fully saturated rings. The highest BCUT2D eigenvalue weighted by atomic mass is 35.5. The van der Waals surface area contributed by atoms with Gasteiger partial charge in [-0.05, 0) is 18.2 Å². The van der Waals surface area contributed by atoms with Gasteiger partial charge in [0.15, 0.2) is 15.8 Å². The standard InChI is InChI=1S/C18H13ClFNO6S2/c1-27-14-4-2-3-10(16(14)20)12-8-15(28-17(12)19)29(25,26)21-9-5-6-11(18(23)24)13(22)7-9/h2-8,22-24H,1H3/p+1. The SMILES string of the molecule is COc1cccc(-c2cc(S(=O)(=O)[NH+]=C3C=CC(=C(O)O)C(O)=C3)sc2Cl)c1F. The van der Waals surface area contributed by atoms with E-state index in [0.717, 1.165) is 23.5 Å². The molecule has 152 valence electrons. The van der Waals surface area contributed by atoms with Crippen LogP contribution in [-0.4, -0.2) is 36.6 Å². The number of benzene rings is 1. The van der Waals surface area contributed by atoms with Crippen molar-refractivity contribution in [3.05, 3.63) is 69.9 Å². The van der Waals surface area contributed by atoms with E-state index in [4.69, 9.17) is 26.6 Å². The van der Waals surface area contributed by atoms with E-state index in [9.17, 15) is 17.9 Å². The van der Waals surface area contributed by atoms with Crippen molar-refractivity contribution in [1.82, 2.24) is 0 Å². The quantitative estimate of drug-likeness (QED) is 0.523. The first-order valence-electron chi connectivity index (χ1n) is 7.87. The Balaban J connectivity index is 2.02. The lowest BCUT2D eigenvalue weighted by atomic mass is 10.1. The normalized spacial score (nSPS) is 15.5. The minimum Gasteiger partial charge on any atom is -0.507 e. The van der Waals surface area contributed by atoms with Gasteiger partial charge in [-0.1, -0.05) is 23.7 Å². The second-order valence-corrected chi connectivity index (χ2v) is 9.30. The molecule has 0 radical (unpaired) electrons. The highest BCUT2D eigenvalue weighted by molar-refractivity contribution is 7.87. The second-order valence-electron chi connectivity index (χ2n) is 5.74. The fraction of sp³-hybridized carbons (Fsp3) is 0.0556. The molecule has 0 atom stereocenters. The third-order valence-electron chi connectivity index (χ3n) is 3.89. The first-order chi connectivity index (χ1) is 13.6. The minimum atomic E-state index is -4.11. The van der Waals surface area contributed by atoms with Gasteiger partial charge in [-0.15, -0.1) is 15.7 Å². The van der Waals surface area contributed by atoms with Gasteiger partial charge in [0.1, 0.15) is 10.1 Å². The smallest absolute Gasteiger partial charge is 0.403 e. The lowest BCUT2D eigenvalue weighted by Gasteiger charge is -2.06. The number of nitrogens with one attached hydrogen (secondary N) is 1. The van der Waals surface area contributed by atoms with Gasteiger partial charge >= 0.3 is 10.0 Å². The summed E-state index contributed by atoms with van der Waals surface area (Å²) >= 11 is 6.89. The third kappa shape index (κ3) is 4.14. The topological polar surface area (TPSA) is 118 Å². The van der Waals surface area contributed by atoms with Crippen LogP contribution in [0.5, 0.6) is 5.75 Å². The Kier molecular flexibility index (Phi) is 5.69. The van der Waals surface area contributed by atoms with E-state index in [2.05, 4.69) is 4.40 Å². The van der Waals surface area contributed by atoms with Gasteiger partial charge in [-0.3, -0.25) is 0 Å². The molecule has 1 aliphatic carbocycles. The molecule has 1 heterocycles. The molecule has 0 amide bonds. The van der Waals surface area contributed by atoms with Crippen molar-refractivity contribution in [3.63, 3.8) is 0 Å². The number of aliphatic hydroxyl groups excluding tert-OH is 2. The van der Waals surface area contributed by atoms with E-state index in [-0.39, 0.29) is 36.7 Å². The highest BCUT2D eigenvalue weighted by Crippen LogP contribution is 2.39. The number of hydrogen-bond acceptors (Lipinski definition) is 7. The van der Waals surface area contributed by atoms with Crippen molar-refractivity contribution in [1.29, 1.82) is 0 Å². The maximum atomic E-state index is 14.5. The van der Waals surface area contributed by atoms with E-state index in [0.29, 0.717) is 0 Å². The first kappa shape index (κ1) is 20.9. The number of allylic oxidation sites excluding steroid dienone is 3. The summed E-state index contributed by atoms with van der Waals surface area (Å²) in [5.74, 6) is -2.32. The summed E-state index contributed by atoms with van der Waals surface area (Å²) in [6.07, 6.45) is 3.37. The molecule has 3 rings (SSSR count). The van der Waals surface area contributed by atoms with Crippen LogP contribution in [0.1, 0.15) is 0 Å². The Labute approximate surface area is 174 Å². The molecule has 1 aromatic heterocycles. The average molecular weight is 459 g/mol. The maximum Gasteiger partial charge on any atom is 0.403 e. The lowest BCUT2D eigenvalue weighted by Crippen LogP contribution is -2.75. The van der Waals surface area contributed by atoms with Gasteiger partial charge in [-0.2, -0.15) is 8.42 Å². The van der Waals surface area contributed by atoms with Crippen molar-refractivity contribution >= 4 is 38.7 Å². The van der Waals surface area contributed by atoms with Crippen molar-refractivity contribution in [2.24, 2.45) is 0 Å². The Morgan fingerprint density at radius 3 is 2.59 bits per heavy atom. The van der Waals surface area contributed by atoms with Crippen LogP contribution in [0.4, 0.5) is 4.39 Å². The van der Waals surface area contributed by atoms with Crippen LogP contribution in [0.2, 0.25) is 4.34 Å². The Hall–Kier alpha value is -2.82. The number of methoxy groups -OCH3 is 1. The number of rotatable bonds is 4. The summed E-state index contributed by atoms with van der Waals surface area (Å²) in [6, 6.07) is 5.66. The van der Waals surface area contributed by atoms with Gasteiger partial charge in [0.05, 0.1) is 18.8 Å². The van der Waals surface area contributed by atoms with Crippen molar-refractivity contribution in [2.75, 3.05) is 7.11 Å². The minimum absolute atomic E-state index is 0.00759. The molecule has 0 saturated carbocycles. The summed E-state index contributed by atoms with van der Waals surface area (Å²) in [7, 11) is -2.80. The number of thiophene rings is 1. The third-order valence-corrected chi connectivity index (χ3v) is 7.11. The van der Waals surface area contributed by atoms with E-state index in [1.807, 2.05) is 0 Å². The van der Waals surface area contributed by atoms with Gasteiger partial charge < -0.3 is 20.1 Å².